The largest absolute Gasteiger partial charge is 0.321 e. The number of aromatic nitrogens is 1. The number of hydrogen-bond acceptors (Lipinski definition) is 6. The molecule has 48 heavy (non-hydrogen) atoms. The van der Waals surface area contributed by atoms with Crippen LogP contribution in [0.25, 0.3) is 28.1 Å². The molecule has 3 N–H and O–H groups in total. The molecule has 0 saturated carbocycles. The topological polar surface area (TPSA) is 100 Å². The number of fused-ring (bicyclic) bond motifs is 1. The summed E-state index contributed by atoms with van der Waals surface area (Å²) >= 11 is 8.89. The van der Waals surface area contributed by atoms with Crippen molar-refractivity contribution >= 4 is 80.1 Å². The Bertz CT molecular complexity index is 2150. The molecule has 10 heteroatoms. The second-order valence-electron chi connectivity index (χ2n) is 10.8. The van der Waals surface area contributed by atoms with Crippen LogP contribution in [0.4, 0.5) is 10.8 Å². The molecule has 0 fully saturated rings. The van der Waals surface area contributed by atoms with Crippen LogP contribution in [0.2, 0.25) is 5.02 Å². The lowest BCUT2D eigenvalue weighted by atomic mass is 10.1. The van der Waals surface area contributed by atoms with Gasteiger partial charge in [0.05, 0.1) is 10.9 Å². The van der Waals surface area contributed by atoms with E-state index in [-0.39, 0.29) is 11.6 Å². The van der Waals surface area contributed by atoms with E-state index in [0.717, 1.165) is 26.9 Å². The first-order valence-electron chi connectivity index (χ1n) is 15.0. The molecule has 3 amide bonds. The Balaban J connectivity index is 1.11. The predicted octanol–water partition coefficient (Wildman–Crippen LogP) is 9.15. The normalized spacial score (nSPS) is 11.9. The zero-order valence-corrected chi connectivity index (χ0v) is 28.0. The molecule has 1 aromatic heterocycles. The van der Waals surface area contributed by atoms with Crippen LogP contribution in [-0.2, 0) is 9.59 Å². The maximum Gasteiger partial charge on any atom is 0.272 e. The van der Waals surface area contributed by atoms with Crippen molar-refractivity contribution in [3.05, 3.63) is 149 Å². The molecular formula is C38H29ClN4O3S2. The minimum Gasteiger partial charge on any atom is -0.321 e. The Kier molecular flexibility index (Phi) is 10.3. The molecule has 1 atom stereocenters. The Hall–Kier alpha value is -5.22. The van der Waals surface area contributed by atoms with E-state index in [1.54, 1.807) is 72.8 Å². The van der Waals surface area contributed by atoms with E-state index in [9.17, 15) is 14.4 Å². The zero-order chi connectivity index (χ0) is 33.5. The summed E-state index contributed by atoms with van der Waals surface area (Å²) in [4.78, 5) is 45.0. The number of amides is 3. The fourth-order valence-electron chi connectivity index (χ4n) is 4.83. The number of carbonyl (C=O) groups is 3. The zero-order valence-electron chi connectivity index (χ0n) is 25.6. The van der Waals surface area contributed by atoms with Crippen LogP contribution in [0.3, 0.4) is 0 Å². The van der Waals surface area contributed by atoms with Crippen molar-refractivity contribution in [2.45, 2.75) is 17.1 Å². The number of nitrogens with zero attached hydrogens (tertiary/aromatic N) is 1. The summed E-state index contributed by atoms with van der Waals surface area (Å²) in [6.07, 6.45) is 1.57. The number of benzene rings is 5. The minimum absolute atomic E-state index is 0.0448. The van der Waals surface area contributed by atoms with Gasteiger partial charge in [0.25, 0.3) is 11.8 Å². The molecule has 0 aliphatic carbocycles. The van der Waals surface area contributed by atoms with E-state index in [1.165, 1.54) is 23.1 Å². The van der Waals surface area contributed by atoms with E-state index >= 15 is 0 Å². The van der Waals surface area contributed by atoms with E-state index < -0.39 is 17.1 Å². The summed E-state index contributed by atoms with van der Waals surface area (Å²) in [6.45, 7) is 1.81. The number of thiazole rings is 1. The van der Waals surface area contributed by atoms with Crippen molar-refractivity contribution in [1.29, 1.82) is 0 Å². The van der Waals surface area contributed by atoms with Gasteiger partial charge in [-0.2, -0.15) is 0 Å². The number of rotatable bonds is 10. The van der Waals surface area contributed by atoms with Crippen LogP contribution >= 0.6 is 34.7 Å². The quantitative estimate of drug-likeness (QED) is 0.0985. The second kappa shape index (κ2) is 15.1. The van der Waals surface area contributed by atoms with Crippen molar-refractivity contribution in [1.82, 2.24) is 10.3 Å². The molecule has 1 unspecified atom stereocenters. The molecule has 0 radical (unpaired) electrons. The molecule has 7 nitrogen and oxygen atoms in total. The summed E-state index contributed by atoms with van der Waals surface area (Å²) in [7, 11) is 0. The smallest absolute Gasteiger partial charge is 0.272 e. The van der Waals surface area contributed by atoms with E-state index in [0.29, 0.717) is 27.0 Å². The third-order valence-corrected chi connectivity index (χ3v) is 9.33. The summed E-state index contributed by atoms with van der Waals surface area (Å²) in [6, 6.07) is 37.1. The first-order chi connectivity index (χ1) is 23.3. The van der Waals surface area contributed by atoms with Gasteiger partial charge in [-0.05, 0) is 77.9 Å². The van der Waals surface area contributed by atoms with Crippen molar-refractivity contribution in [3.8, 4) is 11.3 Å². The third-order valence-electron chi connectivity index (χ3n) is 7.24. The lowest BCUT2D eigenvalue weighted by molar-refractivity contribution is -0.115. The van der Waals surface area contributed by atoms with Crippen LogP contribution in [-0.4, -0.2) is 28.0 Å². The Morgan fingerprint density at radius 3 is 2.40 bits per heavy atom. The van der Waals surface area contributed by atoms with Crippen molar-refractivity contribution in [2.24, 2.45) is 0 Å². The van der Waals surface area contributed by atoms with Gasteiger partial charge in [0.2, 0.25) is 5.91 Å². The fourth-order valence-corrected chi connectivity index (χ4v) is 6.68. The van der Waals surface area contributed by atoms with Crippen LogP contribution in [0.5, 0.6) is 0 Å². The monoisotopic (exact) mass is 688 g/mol. The average Bonchev–Trinajstić information content (AvgIpc) is 3.56. The van der Waals surface area contributed by atoms with Gasteiger partial charge in [0, 0.05) is 32.1 Å². The van der Waals surface area contributed by atoms with Crippen molar-refractivity contribution in [2.75, 3.05) is 10.6 Å². The van der Waals surface area contributed by atoms with Crippen LogP contribution in [0.15, 0.2) is 137 Å². The van der Waals surface area contributed by atoms with Gasteiger partial charge in [-0.3, -0.25) is 14.4 Å². The lowest BCUT2D eigenvalue weighted by Crippen LogP contribution is -2.30. The molecule has 1 heterocycles. The van der Waals surface area contributed by atoms with E-state index in [1.807, 2.05) is 42.6 Å². The highest BCUT2D eigenvalue weighted by atomic mass is 35.5. The number of thioether (sulfide) groups is 1. The molecule has 6 aromatic rings. The first-order valence-corrected chi connectivity index (χ1v) is 17.1. The van der Waals surface area contributed by atoms with Gasteiger partial charge in [0.15, 0.2) is 5.13 Å². The Morgan fingerprint density at radius 1 is 0.812 bits per heavy atom. The van der Waals surface area contributed by atoms with E-state index in [2.05, 4.69) is 45.2 Å². The molecule has 6 rings (SSSR count). The summed E-state index contributed by atoms with van der Waals surface area (Å²) < 4.78 is 0. The van der Waals surface area contributed by atoms with Crippen molar-refractivity contribution < 1.29 is 14.4 Å². The van der Waals surface area contributed by atoms with Gasteiger partial charge in [-0.15, -0.1) is 23.1 Å². The maximum atomic E-state index is 13.5. The minimum atomic E-state index is -0.516. The number of anilines is 2. The molecule has 0 aliphatic rings. The van der Waals surface area contributed by atoms with Crippen LogP contribution in [0, 0.1) is 0 Å². The molecule has 0 aliphatic heterocycles. The van der Waals surface area contributed by atoms with Crippen LogP contribution < -0.4 is 16.0 Å². The van der Waals surface area contributed by atoms with Crippen LogP contribution in [0.1, 0.15) is 22.8 Å². The summed E-state index contributed by atoms with van der Waals surface area (Å²) in [5, 5.41) is 13.3. The fraction of sp³-hybridized carbons (Fsp3) is 0.0526. The molecular weight excluding hydrogens is 660 g/mol. The van der Waals surface area contributed by atoms with Gasteiger partial charge in [-0.25, -0.2) is 4.98 Å². The standard InChI is InChI=1S/C38H29ClN4O3S2/c1-24(35(44)43-38-42-34(23-47-38)29-18-17-26-10-5-6-13-28(26)21-29)48-32-16-8-15-31(22-32)40-37(46)33(20-25-9-7-14-30(39)19-25)41-36(45)27-11-3-2-4-12-27/h2-24H,1H3,(H,40,46)(H,41,45)(H,42,43,44)/b33-20-. The first kappa shape index (κ1) is 32.7. The van der Waals surface area contributed by atoms with E-state index in [4.69, 9.17) is 11.6 Å². The average molecular weight is 689 g/mol. The molecule has 0 bridgehead atoms. The van der Waals surface area contributed by atoms with Gasteiger partial charge in [-0.1, -0.05) is 84.4 Å². The van der Waals surface area contributed by atoms with Gasteiger partial charge >= 0.3 is 0 Å². The second-order valence-corrected chi connectivity index (χ2v) is 13.5. The third kappa shape index (κ3) is 8.38. The number of hydrogen-bond donors (Lipinski definition) is 3. The highest BCUT2D eigenvalue weighted by Crippen LogP contribution is 2.30. The lowest BCUT2D eigenvalue weighted by Gasteiger charge is -2.14. The van der Waals surface area contributed by atoms with Gasteiger partial charge in [0.1, 0.15) is 5.70 Å². The maximum absolute atomic E-state index is 13.5. The Morgan fingerprint density at radius 2 is 1.58 bits per heavy atom. The highest BCUT2D eigenvalue weighted by Gasteiger charge is 2.19. The molecule has 0 saturated heterocycles. The number of halogens is 1. The predicted molar refractivity (Wildman–Crippen MR) is 197 cm³/mol. The number of nitrogens with one attached hydrogen (secondary N) is 3. The summed E-state index contributed by atoms with van der Waals surface area (Å²) in [5.41, 5.74) is 3.39. The molecule has 238 valence electrons. The highest BCUT2D eigenvalue weighted by molar-refractivity contribution is 8.00. The van der Waals surface area contributed by atoms with Crippen molar-refractivity contribution in [3.63, 3.8) is 0 Å². The summed E-state index contributed by atoms with van der Waals surface area (Å²) in [5.74, 6) is -1.13. The molecule has 5 aromatic carbocycles. The number of carbonyl (C=O) groups excluding carboxylic acids is 3. The SMILES string of the molecule is CC(Sc1cccc(NC(=O)/C(=C/c2cccc(Cl)c2)NC(=O)c2ccccc2)c1)C(=O)Nc1nc(-c2ccc3ccccc3c2)cs1. The molecule has 0 spiro atoms. The van der Waals surface area contributed by atoms with Gasteiger partial charge < -0.3 is 16.0 Å². The Labute approximate surface area is 291 Å².